The van der Waals surface area contributed by atoms with Gasteiger partial charge < -0.3 is 5.32 Å². The second-order valence-electron chi connectivity index (χ2n) is 4.58. The highest BCUT2D eigenvalue weighted by molar-refractivity contribution is 14.1. The molecular weight excluding hydrogens is 373 g/mol. The lowest BCUT2D eigenvalue weighted by Gasteiger charge is -2.09. The van der Waals surface area contributed by atoms with E-state index in [0.717, 1.165) is 26.6 Å². The number of rotatable bonds is 4. The third kappa shape index (κ3) is 2.54. The van der Waals surface area contributed by atoms with E-state index in [-0.39, 0.29) is 0 Å². The number of halogens is 1. The summed E-state index contributed by atoms with van der Waals surface area (Å²) in [5, 5.41) is 9.86. The highest BCUT2D eigenvalue weighted by atomic mass is 127. The Morgan fingerprint density at radius 3 is 3.00 bits per heavy atom. The van der Waals surface area contributed by atoms with Crippen LogP contribution in [0.15, 0.2) is 24.0 Å². The first kappa shape index (κ1) is 13.1. The normalized spacial score (nSPS) is 11.8. The minimum Gasteiger partial charge on any atom is -0.309 e. The molecule has 0 aliphatic rings. The van der Waals surface area contributed by atoms with Crippen molar-refractivity contribution in [1.82, 2.24) is 24.5 Å². The van der Waals surface area contributed by atoms with E-state index in [1.165, 1.54) is 0 Å². The van der Waals surface area contributed by atoms with Crippen LogP contribution in [0.25, 0.3) is 10.8 Å². The molecule has 0 unspecified atom stereocenters. The van der Waals surface area contributed by atoms with E-state index in [1.54, 1.807) is 11.3 Å². The molecule has 0 spiro atoms. The largest absolute Gasteiger partial charge is 0.309 e. The minimum atomic E-state index is 0.440. The van der Waals surface area contributed by atoms with Crippen molar-refractivity contribution in [2.45, 2.75) is 26.4 Å². The summed E-state index contributed by atoms with van der Waals surface area (Å²) in [5.74, 6) is 0.905. The van der Waals surface area contributed by atoms with Gasteiger partial charge in [0.25, 0.3) is 0 Å². The smallest absolute Gasteiger partial charge is 0.196 e. The zero-order valence-electron chi connectivity index (χ0n) is 10.7. The maximum Gasteiger partial charge on any atom is 0.196 e. The van der Waals surface area contributed by atoms with Crippen LogP contribution >= 0.6 is 33.9 Å². The van der Waals surface area contributed by atoms with E-state index >= 15 is 0 Å². The summed E-state index contributed by atoms with van der Waals surface area (Å²) in [5.41, 5.74) is 1.14. The van der Waals surface area contributed by atoms with Gasteiger partial charge in [-0.3, -0.25) is 4.40 Å². The number of nitrogens with one attached hydrogen (secondary N) is 1. The van der Waals surface area contributed by atoms with Gasteiger partial charge >= 0.3 is 0 Å². The van der Waals surface area contributed by atoms with Gasteiger partial charge in [-0.05, 0) is 22.6 Å². The Hall–Kier alpha value is -0.930. The number of thiazole rings is 1. The number of aromatic nitrogens is 4. The molecule has 0 fully saturated rings. The molecule has 0 saturated heterocycles. The Morgan fingerprint density at radius 2 is 2.32 bits per heavy atom. The Balaban J connectivity index is 2.07. The van der Waals surface area contributed by atoms with Crippen molar-refractivity contribution < 1.29 is 0 Å². The van der Waals surface area contributed by atoms with Gasteiger partial charge in [0, 0.05) is 30.4 Å². The van der Waals surface area contributed by atoms with Crippen molar-refractivity contribution in [2.24, 2.45) is 0 Å². The lowest BCUT2D eigenvalue weighted by Crippen LogP contribution is -2.23. The molecule has 0 radical (unpaired) electrons. The summed E-state index contributed by atoms with van der Waals surface area (Å²) in [7, 11) is 0. The van der Waals surface area contributed by atoms with Crippen LogP contribution in [0, 0.1) is 3.57 Å². The SMILES string of the molecule is CC(C)NCc1c(-n2cc(I)cn2)nc2sccn12. The summed E-state index contributed by atoms with van der Waals surface area (Å²) < 4.78 is 5.08. The Morgan fingerprint density at radius 1 is 1.47 bits per heavy atom. The van der Waals surface area contributed by atoms with Crippen LogP contribution in [-0.4, -0.2) is 25.2 Å². The van der Waals surface area contributed by atoms with Gasteiger partial charge in [0.15, 0.2) is 10.8 Å². The fraction of sp³-hybridized carbons (Fsp3) is 0.333. The van der Waals surface area contributed by atoms with Gasteiger partial charge in [-0.25, -0.2) is 4.68 Å². The van der Waals surface area contributed by atoms with E-state index in [1.807, 2.05) is 17.1 Å². The summed E-state index contributed by atoms with van der Waals surface area (Å²) in [4.78, 5) is 5.67. The predicted molar refractivity (Wildman–Crippen MR) is 84.9 cm³/mol. The Bertz CT molecular complexity index is 696. The van der Waals surface area contributed by atoms with Gasteiger partial charge in [0.2, 0.25) is 0 Å². The molecule has 0 atom stereocenters. The minimum absolute atomic E-state index is 0.440. The molecule has 3 rings (SSSR count). The van der Waals surface area contributed by atoms with Crippen LogP contribution in [0.4, 0.5) is 0 Å². The summed E-state index contributed by atoms with van der Waals surface area (Å²) in [6, 6.07) is 0.440. The van der Waals surface area contributed by atoms with Crippen LogP contribution in [-0.2, 0) is 6.54 Å². The molecule has 7 heteroatoms. The fourth-order valence-corrected chi connectivity index (χ4v) is 3.00. The molecule has 0 aromatic carbocycles. The quantitative estimate of drug-likeness (QED) is 0.701. The van der Waals surface area contributed by atoms with Crippen molar-refractivity contribution in [2.75, 3.05) is 0 Å². The monoisotopic (exact) mass is 387 g/mol. The lowest BCUT2D eigenvalue weighted by molar-refractivity contribution is 0.577. The standard InChI is InChI=1S/C12H14IN5S/c1-8(2)14-6-10-11(18-7-9(13)5-15-18)16-12-17(10)3-4-19-12/h3-5,7-8,14H,6H2,1-2H3. The van der Waals surface area contributed by atoms with Gasteiger partial charge in [-0.15, -0.1) is 11.3 Å². The van der Waals surface area contributed by atoms with Gasteiger partial charge in [-0.2, -0.15) is 10.1 Å². The number of imidazole rings is 1. The number of nitrogens with zero attached hydrogens (tertiary/aromatic N) is 4. The lowest BCUT2D eigenvalue weighted by atomic mass is 10.3. The van der Waals surface area contributed by atoms with Gasteiger partial charge in [0.1, 0.15) is 0 Å². The Labute approximate surface area is 128 Å². The van der Waals surface area contributed by atoms with Crippen LogP contribution in [0.3, 0.4) is 0 Å². The first-order valence-corrected chi connectivity index (χ1v) is 7.99. The van der Waals surface area contributed by atoms with Crippen LogP contribution < -0.4 is 5.32 Å². The molecule has 3 aromatic heterocycles. The van der Waals surface area contributed by atoms with E-state index in [0.29, 0.717) is 6.04 Å². The summed E-state index contributed by atoms with van der Waals surface area (Å²) in [6.45, 7) is 5.06. The molecule has 0 saturated carbocycles. The zero-order chi connectivity index (χ0) is 13.4. The number of fused-ring (bicyclic) bond motifs is 1. The van der Waals surface area contributed by atoms with Crippen LogP contribution in [0.2, 0.25) is 0 Å². The average molecular weight is 387 g/mol. The molecule has 0 amide bonds. The van der Waals surface area contributed by atoms with Crippen LogP contribution in [0.5, 0.6) is 0 Å². The van der Waals surface area contributed by atoms with E-state index in [2.05, 4.69) is 67.8 Å². The van der Waals surface area contributed by atoms with Crippen molar-refractivity contribution >= 4 is 38.9 Å². The molecule has 100 valence electrons. The van der Waals surface area contributed by atoms with Crippen molar-refractivity contribution in [3.8, 4) is 5.82 Å². The summed E-state index contributed by atoms with van der Waals surface area (Å²) in [6.07, 6.45) is 5.89. The first-order valence-electron chi connectivity index (χ1n) is 6.03. The van der Waals surface area contributed by atoms with Crippen LogP contribution in [0.1, 0.15) is 19.5 Å². The average Bonchev–Trinajstić information content (AvgIpc) is 3.00. The molecule has 0 bridgehead atoms. The first-order chi connectivity index (χ1) is 9.15. The third-order valence-corrected chi connectivity index (χ3v) is 4.10. The predicted octanol–water partition coefficient (Wildman–Crippen LogP) is 2.68. The molecule has 19 heavy (non-hydrogen) atoms. The molecule has 5 nitrogen and oxygen atoms in total. The molecule has 1 N–H and O–H groups in total. The molecule has 0 aliphatic heterocycles. The van der Waals surface area contributed by atoms with E-state index in [4.69, 9.17) is 0 Å². The van der Waals surface area contributed by atoms with Crippen molar-refractivity contribution in [3.05, 3.63) is 33.2 Å². The topological polar surface area (TPSA) is 47.2 Å². The number of hydrogen-bond donors (Lipinski definition) is 1. The number of hydrogen-bond acceptors (Lipinski definition) is 4. The molecule has 3 aromatic rings. The van der Waals surface area contributed by atoms with Crippen molar-refractivity contribution in [1.29, 1.82) is 0 Å². The van der Waals surface area contributed by atoms with E-state index < -0.39 is 0 Å². The molecule has 3 heterocycles. The second kappa shape index (κ2) is 5.22. The molecule has 0 aliphatic carbocycles. The fourth-order valence-electron chi connectivity index (χ4n) is 1.89. The third-order valence-electron chi connectivity index (χ3n) is 2.79. The van der Waals surface area contributed by atoms with Gasteiger partial charge in [-0.1, -0.05) is 13.8 Å². The summed E-state index contributed by atoms with van der Waals surface area (Å²) >= 11 is 3.90. The molecular formula is C12H14IN5S. The zero-order valence-corrected chi connectivity index (χ0v) is 13.6. The van der Waals surface area contributed by atoms with Gasteiger partial charge in [0.05, 0.1) is 15.5 Å². The van der Waals surface area contributed by atoms with Crippen molar-refractivity contribution in [3.63, 3.8) is 0 Å². The maximum absolute atomic E-state index is 4.67. The van der Waals surface area contributed by atoms with E-state index in [9.17, 15) is 0 Å². The Kier molecular flexibility index (Phi) is 3.59. The highest BCUT2D eigenvalue weighted by Crippen LogP contribution is 2.21. The maximum atomic E-state index is 4.67. The second-order valence-corrected chi connectivity index (χ2v) is 6.70. The highest BCUT2D eigenvalue weighted by Gasteiger charge is 2.15.